The Kier molecular flexibility index (Phi) is 7.31. The van der Waals surface area contributed by atoms with E-state index in [1.165, 1.54) is 13.4 Å². The Hall–Kier alpha value is -2.37. The van der Waals surface area contributed by atoms with Crippen molar-refractivity contribution in [2.24, 2.45) is 0 Å². The zero-order valence-electron chi connectivity index (χ0n) is 19.2. The smallest absolute Gasteiger partial charge is 0.414 e. The first-order valence-corrected chi connectivity index (χ1v) is 12.7. The summed E-state index contributed by atoms with van der Waals surface area (Å²) in [6, 6.07) is 5.38. The monoisotopic (exact) mass is 468 g/mol. The van der Waals surface area contributed by atoms with Gasteiger partial charge in [0.05, 0.1) is 42.9 Å². The van der Waals surface area contributed by atoms with Crippen LogP contribution in [0.25, 0.3) is 0 Å². The van der Waals surface area contributed by atoms with Gasteiger partial charge in [0.15, 0.2) is 0 Å². The van der Waals surface area contributed by atoms with Crippen LogP contribution in [0.15, 0.2) is 18.2 Å². The molecule has 2 aliphatic heterocycles. The van der Waals surface area contributed by atoms with Gasteiger partial charge in [0.1, 0.15) is 9.84 Å². The molecule has 11 heteroatoms. The topological polar surface area (TPSA) is 108 Å². The van der Waals surface area contributed by atoms with Gasteiger partial charge < -0.3 is 9.47 Å². The number of hydrogen-bond donors (Lipinski definition) is 1. The summed E-state index contributed by atoms with van der Waals surface area (Å²) in [5.74, 6) is 0.186. The van der Waals surface area contributed by atoms with Gasteiger partial charge >= 0.3 is 12.2 Å². The molecule has 1 aromatic rings. The molecule has 0 aliphatic carbocycles. The minimum Gasteiger partial charge on any atom is -0.452 e. The number of carbonyl (C=O) groups is 2. The summed E-state index contributed by atoms with van der Waals surface area (Å²) >= 11 is 0. The van der Waals surface area contributed by atoms with E-state index in [9.17, 15) is 18.0 Å². The lowest BCUT2D eigenvalue weighted by atomic mass is 9.97. The normalized spacial score (nSPS) is 21.6. The predicted octanol–water partition coefficient (Wildman–Crippen LogP) is 1.96. The number of sulfone groups is 1. The summed E-state index contributed by atoms with van der Waals surface area (Å²) in [4.78, 5) is 28.4. The number of hydrogen-bond acceptors (Lipinski definition) is 8. The maximum Gasteiger partial charge on any atom is 0.414 e. The van der Waals surface area contributed by atoms with Gasteiger partial charge in [0.25, 0.3) is 0 Å². The highest BCUT2D eigenvalue weighted by atomic mass is 32.2. The highest BCUT2D eigenvalue weighted by molar-refractivity contribution is 7.90. The molecule has 10 nitrogen and oxygen atoms in total. The summed E-state index contributed by atoms with van der Waals surface area (Å²) in [6.45, 7) is 7.40. The lowest BCUT2D eigenvalue weighted by Crippen LogP contribution is -2.52. The molecular weight excluding hydrogens is 436 g/mol. The van der Waals surface area contributed by atoms with Gasteiger partial charge in [-0.15, -0.1) is 0 Å². The second-order valence-corrected chi connectivity index (χ2v) is 10.9. The number of nitrogens with zero attached hydrogens (tertiary/aromatic N) is 3. The molecule has 2 atom stereocenters. The van der Waals surface area contributed by atoms with E-state index in [4.69, 9.17) is 9.47 Å². The predicted molar refractivity (Wildman–Crippen MR) is 122 cm³/mol. The highest BCUT2D eigenvalue weighted by Crippen LogP contribution is 2.39. The van der Waals surface area contributed by atoms with Crippen LogP contribution in [-0.4, -0.2) is 83.1 Å². The summed E-state index contributed by atoms with van der Waals surface area (Å²) < 4.78 is 33.3. The van der Waals surface area contributed by atoms with Gasteiger partial charge in [-0.25, -0.2) is 23.0 Å². The van der Waals surface area contributed by atoms with Crippen molar-refractivity contribution in [1.29, 1.82) is 0 Å². The average Bonchev–Trinajstić information content (AvgIpc) is 3.19. The quantitative estimate of drug-likeness (QED) is 0.699. The molecule has 32 heavy (non-hydrogen) atoms. The Balaban J connectivity index is 1.89. The van der Waals surface area contributed by atoms with Crippen LogP contribution in [0.4, 0.5) is 21.0 Å². The number of fused-ring (bicyclic) bond motifs is 1. The second kappa shape index (κ2) is 9.63. The maximum absolute atomic E-state index is 12.8. The fourth-order valence-corrected chi connectivity index (χ4v) is 4.57. The summed E-state index contributed by atoms with van der Waals surface area (Å²) in [6.07, 6.45) is 0.000542. The lowest BCUT2D eigenvalue weighted by Gasteiger charge is -2.40. The number of hydrazine groups is 1. The maximum atomic E-state index is 12.8. The molecule has 1 unspecified atom stereocenters. The van der Waals surface area contributed by atoms with Gasteiger partial charge in [-0.3, -0.25) is 15.2 Å². The van der Waals surface area contributed by atoms with Crippen LogP contribution in [0.2, 0.25) is 0 Å². The van der Waals surface area contributed by atoms with Gasteiger partial charge in [-0.2, -0.15) is 0 Å². The standard InChI is InChI=1S/C21H32N4O6S/c1-14(2)31-20(26)24-12-15(3)25(21(27)30-4)18-7-6-16(10-19(18)24)17-11-22-23(13-17)8-9-32(5,28)29/h6-7,10,14-15,17,22H,8-9,11-13H2,1-5H3/t15-,17?/m0/s1. The first-order chi connectivity index (χ1) is 15.0. The van der Waals surface area contributed by atoms with Crippen molar-refractivity contribution < 1.29 is 27.5 Å². The third-order valence-corrected chi connectivity index (χ3v) is 6.50. The van der Waals surface area contributed by atoms with Crippen LogP contribution in [0, 0.1) is 0 Å². The van der Waals surface area contributed by atoms with Gasteiger partial charge in [-0.1, -0.05) is 6.07 Å². The zero-order valence-corrected chi connectivity index (χ0v) is 20.0. The number of methoxy groups -OCH3 is 1. The number of carbonyl (C=O) groups excluding carboxylic acids is 2. The molecule has 2 aliphatic rings. The van der Waals surface area contributed by atoms with Gasteiger partial charge in [-0.05, 0) is 38.5 Å². The molecular formula is C21H32N4O6S. The number of nitrogens with one attached hydrogen (secondary N) is 1. The third kappa shape index (κ3) is 5.51. The van der Waals surface area contributed by atoms with Crippen LogP contribution >= 0.6 is 0 Å². The summed E-state index contributed by atoms with van der Waals surface area (Å²) in [7, 11) is -1.71. The SMILES string of the molecule is COC(=O)N1c2ccc(C3CNN(CCS(C)(=O)=O)C3)cc2N(C(=O)OC(C)C)C[C@@H]1C. The van der Waals surface area contributed by atoms with E-state index in [-0.39, 0.29) is 30.4 Å². The zero-order chi connectivity index (χ0) is 23.6. The van der Waals surface area contributed by atoms with Crippen LogP contribution < -0.4 is 15.2 Å². The molecule has 2 amide bonds. The van der Waals surface area contributed by atoms with Crippen molar-refractivity contribution in [3.63, 3.8) is 0 Å². The molecule has 1 aromatic carbocycles. The van der Waals surface area contributed by atoms with E-state index in [2.05, 4.69) is 5.43 Å². The number of ether oxygens (including phenoxy) is 2. The molecule has 1 N–H and O–H groups in total. The Morgan fingerprint density at radius 1 is 1.19 bits per heavy atom. The van der Waals surface area contributed by atoms with E-state index in [0.29, 0.717) is 31.0 Å². The number of anilines is 2. The highest BCUT2D eigenvalue weighted by Gasteiger charge is 2.37. The van der Waals surface area contributed by atoms with Crippen molar-refractivity contribution in [3.8, 4) is 0 Å². The van der Waals surface area contributed by atoms with Crippen molar-refractivity contribution >= 4 is 33.4 Å². The van der Waals surface area contributed by atoms with Crippen molar-refractivity contribution in [2.75, 3.05) is 55.1 Å². The average molecular weight is 469 g/mol. The van der Waals surface area contributed by atoms with Gasteiger partial charge in [0.2, 0.25) is 0 Å². The minimum absolute atomic E-state index is 0.0811. The molecule has 178 valence electrons. The lowest BCUT2D eigenvalue weighted by molar-refractivity contribution is 0.121. The molecule has 1 fully saturated rings. The molecule has 1 saturated heterocycles. The van der Waals surface area contributed by atoms with E-state index in [1.807, 2.05) is 30.1 Å². The minimum atomic E-state index is -3.04. The molecule has 0 spiro atoms. The fraction of sp³-hybridized carbons (Fsp3) is 0.619. The second-order valence-electron chi connectivity index (χ2n) is 8.62. The first kappa shape index (κ1) is 24.3. The van der Waals surface area contributed by atoms with Crippen molar-refractivity contribution in [3.05, 3.63) is 23.8 Å². The molecule has 0 aromatic heterocycles. The Morgan fingerprint density at radius 3 is 2.53 bits per heavy atom. The van der Waals surface area contributed by atoms with E-state index in [1.54, 1.807) is 23.6 Å². The van der Waals surface area contributed by atoms with Crippen LogP contribution in [-0.2, 0) is 19.3 Å². The summed E-state index contributed by atoms with van der Waals surface area (Å²) in [5.41, 5.74) is 5.40. The molecule has 2 heterocycles. The van der Waals surface area contributed by atoms with E-state index < -0.39 is 22.0 Å². The Bertz CT molecular complexity index is 967. The van der Waals surface area contributed by atoms with Gasteiger partial charge in [0, 0.05) is 31.8 Å². The van der Waals surface area contributed by atoms with E-state index in [0.717, 1.165) is 5.56 Å². The third-order valence-electron chi connectivity index (χ3n) is 5.57. The summed E-state index contributed by atoms with van der Waals surface area (Å²) in [5, 5.41) is 1.90. The largest absolute Gasteiger partial charge is 0.452 e. The molecule has 0 bridgehead atoms. The van der Waals surface area contributed by atoms with Crippen molar-refractivity contribution in [1.82, 2.24) is 10.4 Å². The first-order valence-electron chi connectivity index (χ1n) is 10.7. The van der Waals surface area contributed by atoms with Crippen molar-refractivity contribution in [2.45, 2.75) is 38.8 Å². The van der Waals surface area contributed by atoms with Crippen LogP contribution in [0.3, 0.4) is 0 Å². The number of benzene rings is 1. The van der Waals surface area contributed by atoms with Crippen LogP contribution in [0.5, 0.6) is 0 Å². The molecule has 0 radical (unpaired) electrons. The number of rotatable bonds is 5. The fourth-order valence-electron chi connectivity index (χ4n) is 4.01. The Labute approximate surface area is 189 Å². The molecule has 0 saturated carbocycles. The van der Waals surface area contributed by atoms with Crippen LogP contribution in [0.1, 0.15) is 32.3 Å². The number of amides is 2. The Morgan fingerprint density at radius 2 is 1.91 bits per heavy atom. The van der Waals surface area contributed by atoms with E-state index >= 15 is 0 Å². The molecule has 3 rings (SSSR count).